The van der Waals surface area contributed by atoms with E-state index in [4.69, 9.17) is 0 Å². The van der Waals surface area contributed by atoms with E-state index in [9.17, 15) is 4.79 Å². The van der Waals surface area contributed by atoms with Gasteiger partial charge in [-0.1, -0.05) is 0 Å². The molecule has 0 aliphatic carbocycles. The molecule has 0 N–H and O–H groups in total. The summed E-state index contributed by atoms with van der Waals surface area (Å²) in [4.78, 5) is 20.8. The molecule has 0 bridgehead atoms. The first-order chi connectivity index (χ1) is 12.7. The summed E-state index contributed by atoms with van der Waals surface area (Å²) in [7, 11) is 2.08. The summed E-state index contributed by atoms with van der Waals surface area (Å²) in [5, 5.41) is 4.43. The van der Waals surface area contributed by atoms with E-state index in [1.54, 1.807) is 12.4 Å². The molecule has 26 heavy (non-hydrogen) atoms. The van der Waals surface area contributed by atoms with Crippen LogP contribution in [0.3, 0.4) is 0 Å². The lowest BCUT2D eigenvalue weighted by molar-refractivity contribution is 0.0664. The SMILES string of the molecule is CN1CCN(C(=O)c2ccc(-n3cc(-c4ccncc4)cn3)cc2)CC1. The minimum atomic E-state index is 0.0996. The zero-order valence-corrected chi connectivity index (χ0v) is 14.7. The Bertz CT molecular complexity index is 880. The topological polar surface area (TPSA) is 54.3 Å². The molecular weight excluding hydrogens is 326 g/mol. The van der Waals surface area contributed by atoms with Crippen LogP contribution in [0.4, 0.5) is 0 Å². The van der Waals surface area contributed by atoms with Crippen molar-refractivity contribution in [2.45, 2.75) is 0 Å². The molecule has 1 fully saturated rings. The lowest BCUT2D eigenvalue weighted by Gasteiger charge is -2.32. The molecule has 0 atom stereocenters. The minimum Gasteiger partial charge on any atom is -0.336 e. The van der Waals surface area contributed by atoms with Crippen molar-refractivity contribution in [3.8, 4) is 16.8 Å². The summed E-state index contributed by atoms with van der Waals surface area (Å²) >= 11 is 0. The maximum atomic E-state index is 12.6. The maximum Gasteiger partial charge on any atom is 0.253 e. The van der Waals surface area contributed by atoms with Crippen LogP contribution in [0.1, 0.15) is 10.4 Å². The third-order valence-electron chi connectivity index (χ3n) is 4.77. The lowest BCUT2D eigenvalue weighted by Crippen LogP contribution is -2.47. The molecule has 1 aliphatic rings. The highest BCUT2D eigenvalue weighted by Gasteiger charge is 2.20. The molecule has 1 saturated heterocycles. The lowest BCUT2D eigenvalue weighted by atomic mass is 10.1. The number of rotatable bonds is 3. The monoisotopic (exact) mass is 347 g/mol. The van der Waals surface area contributed by atoms with Gasteiger partial charge in [0.2, 0.25) is 0 Å². The molecule has 3 aromatic rings. The molecular formula is C20H21N5O. The van der Waals surface area contributed by atoms with Crippen LogP contribution < -0.4 is 0 Å². The van der Waals surface area contributed by atoms with Crippen molar-refractivity contribution in [3.63, 3.8) is 0 Å². The molecule has 6 heteroatoms. The van der Waals surface area contributed by atoms with Gasteiger partial charge in [0, 0.05) is 55.9 Å². The second-order valence-electron chi connectivity index (χ2n) is 6.55. The predicted molar refractivity (Wildman–Crippen MR) is 100 cm³/mol. The van der Waals surface area contributed by atoms with Crippen LogP contribution in [0.5, 0.6) is 0 Å². The van der Waals surface area contributed by atoms with E-state index < -0.39 is 0 Å². The largest absolute Gasteiger partial charge is 0.336 e. The second kappa shape index (κ2) is 7.09. The van der Waals surface area contributed by atoms with Crippen LogP contribution in [0.15, 0.2) is 61.2 Å². The number of piperazine rings is 1. The number of pyridine rings is 1. The van der Waals surface area contributed by atoms with E-state index in [1.807, 2.05) is 58.4 Å². The first kappa shape index (κ1) is 16.5. The normalized spacial score (nSPS) is 15.2. The highest BCUT2D eigenvalue weighted by molar-refractivity contribution is 5.94. The molecule has 132 valence electrons. The second-order valence-corrected chi connectivity index (χ2v) is 6.55. The van der Waals surface area contributed by atoms with Gasteiger partial charge in [0.15, 0.2) is 0 Å². The van der Waals surface area contributed by atoms with E-state index >= 15 is 0 Å². The van der Waals surface area contributed by atoms with Crippen LogP contribution in [0, 0.1) is 0 Å². The fourth-order valence-electron chi connectivity index (χ4n) is 3.11. The van der Waals surface area contributed by atoms with Crippen molar-refractivity contribution in [1.82, 2.24) is 24.6 Å². The van der Waals surface area contributed by atoms with Gasteiger partial charge in [-0.05, 0) is 49.0 Å². The molecule has 0 unspecified atom stereocenters. The number of hydrogen-bond acceptors (Lipinski definition) is 4. The summed E-state index contributed by atoms with van der Waals surface area (Å²) in [6.45, 7) is 3.42. The molecule has 0 radical (unpaired) electrons. The number of amides is 1. The zero-order chi connectivity index (χ0) is 17.9. The first-order valence-corrected chi connectivity index (χ1v) is 8.74. The van der Waals surface area contributed by atoms with Gasteiger partial charge in [0.1, 0.15) is 0 Å². The number of hydrogen-bond donors (Lipinski definition) is 0. The number of likely N-dealkylation sites (N-methyl/N-ethyl adjacent to an activating group) is 1. The number of nitrogens with zero attached hydrogens (tertiary/aromatic N) is 5. The fraction of sp³-hybridized carbons (Fsp3) is 0.250. The fourth-order valence-corrected chi connectivity index (χ4v) is 3.11. The summed E-state index contributed by atoms with van der Waals surface area (Å²) in [6, 6.07) is 11.5. The summed E-state index contributed by atoms with van der Waals surface area (Å²) in [5.74, 6) is 0.0996. The Kier molecular flexibility index (Phi) is 4.50. The van der Waals surface area contributed by atoms with E-state index in [0.29, 0.717) is 0 Å². The van der Waals surface area contributed by atoms with E-state index in [-0.39, 0.29) is 5.91 Å². The average Bonchev–Trinajstić information content (AvgIpc) is 3.19. The molecule has 1 aliphatic heterocycles. The molecule has 1 aromatic carbocycles. The van der Waals surface area contributed by atoms with Gasteiger partial charge in [-0.25, -0.2) is 4.68 Å². The van der Waals surface area contributed by atoms with Gasteiger partial charge < -0.3 is 9.80 Å². The number of carbonyl (C=O) groups excluding carboxylic acids is 1. The van der Waals surface area contributed by atoms with Crippen molar-refractivity contribution in [1.29, 1.82) is 0 Å². The van der Waals surface area contributed by atoms with Gasteiger partial charge in [0.25, 0.3) is 5.91 Å². The van der Waals surface area contributed by atoms with Crippen LogP contribution in [-0.4, -0.2) is 63.7 Å². The minimum absolute atomic E-state index is 0.0996. The van der Waals surface area contributed by atoms with Gasteiger partial charge in [-0.2, -0.15) is 5.10 Å². The first-order valence-electron chi connectivity index (χ1n) is 8.74. The molecule has 3 heterocycles. The molecule has 0 spiro atoms. The Morgan fingerprint density at radius 3 is 2.31 bits per heavy atom. The number of benzene rings is 1. The van der Waals surface area contributed by atoms with Gasteiger partial charge in [-0.3, -0.25) is 9.78 Å². The molecule has 4 rings (SSSR count). The van der Waals surface area contributed by atoms with Gasteiger partial charge >= 0.3 is 0 Å². The maximum absolute atomic E-state index is 12.6. The summed E-state index contributed by atoms with van der Waals surface area (Å²) < 4.78 is 1.82. The predicted octanol–water partition coefficient (Wildman–Crippen LogP) is 2.32. The van der Waals surface area contributed by atoms with Crippen molar-refractivity contribution in [2.75, 3.05) is 33.2 Å². The Morgan fingerprint density at radius 2 is 1.62 bits per heavy atom. The molecule has 6 nitrogen and oxygen atoms in total. The summed E-state index contributed by atoms with van der Waals surface area (Å²) in [6.07, 6.45) is 7.35. The Morgan fingerprint density at radius 1 is 0.923 bits per heavy atom. The highest BCUT2D eigenvalue weighted by atomic mass is 16.2. The van der Waals surface area contributed by atoms with Crippen LogP contribution in [0.2, 0.25) is 0 Å². The highest BCUT2D eigenvalue weighted by Crippen LogP contribution is 2.19. The van der Waals surface area contributed by atoms with E-state index in [0.717, 1.165) is 48.6 Å². The zero-order valence-electron chi connectivity index (χ0n) is 14.7. The number of aromatic nitrogens is 3. The van der Waals surface area contributed by atoms with Crippen molar-refractivity contribution in [3.05, 3.63) is 66.7 Å². The van der Waals surface area contributed by atoms with Crippen LogP contribution in [0.25, 0.3) is 16.8 Å². The third-order valence-corrected chi connectivity index (χ3v) is 4.77. The standard InChI is InChI=1S/C20H21N5O/c1-23-10-12-24(13-11-23)20(26)17-2-4-19(5-3-17)25-15-18(14-22-25)16-6-8-21-9-7-16/h2-9,14-15H,10-13H2,1H3. The van der Waals surface area contributed by atoms with Crippen LogP contribution >= 0.6 is 0 Å². The Hall–Kier alpha value is -2.99. The average molecular weight is 347 g/mol. The molecule has 2 aromatic heterocycles. The van der Waals surface area contributed by atoms with Gasteiger partial charge in [0.05, 0.1) is 11.9 Å². The van der Waals surface area contributed by atoms with Crippen molar-refractivity contribution < 1.29 is 4.79 Å². The number of carbonyl (C=O) groups is 1. The smallest absolute Gasteiger partial charge is 0.253 e. The molecule has 1 amide bonds. The van der Waals surface area contributed by atoms with Crippen LogP contribution in [-0.2, 0) is 0 Å². The quantitative estimate of drug-likeness (QED) is 0.730. The van der Waals surface area contributed by atoms with Crippen molar-refractivity contribution in [2.24, 2.45) is 0 Å². The van der Waals surface area contributed by atoms with Crippen molar-refractivity contribution >= 4 is 5.91 Å². The molecule has 0 saturated carbocycles. The third kappa shape index (κ3) is 3.36. The summed E-state index contributed by atoms with van der Waals surface area (Å²) in [5.41, 5.74) is 3.76. The Labute approximate surface area is 152 Å². The van der Waals surface area contributed by atoms with E-state index in [1.165, 1.54) is 0 Å². The van der Waals surface area contributed by atoms with E-state index in [2.05, 4.69) is 22.0 Å². The Balaban J connectivity index is 1.50. The van der Waals surface area contributed by atoms with Gasteiger partial charge in [-0.15, -0.1) is 0 Å².